The highest BCUT2D eigenvalue weighted by Crippen LogP contribution is 2.14. The Morgan fingerprint density at radius 3 is 2.69 bits per heavy atom. The number of ether oxygens (including phenoxy) is 1. The lowest BCUT2D eigenvalue weighted by molar-refractivity contribution is -0.0211. The van der Waals surface area contributed by atoms with E-state index >= 15 is 0 Å². The number of benzene rings is 1. The molecule has 16 heavy (non-hydrogen) atoms. The first-order valence-electron chi connectivity index (χ1n) is 5.28. The summed E-state index contributed by atoms with van der Waals surface area (Å²) in [7, 11) is 0. The molecule has 1 N–H and O–H groups in total. The third-order valence-electron chi connectivity index (χ3n) is 2.41. The molecule has 0 saturated heterocycles. The number of hydrogen-bond donors (Lipinski definition) is 1. The van der Waals surface area contributed by atoms with Gasteiger partial charge in [-0.1, -0.05) is 0 Å². The highest BCUT2D eigenvalue weighted by molar-refractivity contribution is 5.19. The molecule has 0 heterocycles. The molecule has 0 amide bonds. The van der Waals surface area contributed by atoms with E-state index in [0.717, 1.165) is 18.2 Å². The van der Waals surface area contributed by atoms with Crippen molar-refractivity contribution in [2.24, 2.45) is 0 Å². The average molecular weight is 230 g/mol. The van der Waals surface area contributed by atoms with E-state index in [1.165, 1.54) is 0 Å². The second-order valence-electron chi connectivity index (χ2n) is 3.67. The van der Waals surface area contributed by atoms with Crippen LogP contribution in [0, 0.1) is 11.6 Å². The Hall–Kier alpha value is -1.00. The molecule has 0 aliphatic carbocycles. The van der Waals surface area contributed by atoms with Gasteiger partial charge in [0.25, 0.3) is 0 Å². The Bertz CT molecular complexity index is 342. The zero-order valence-electron chi connectivity index (χ0n) is 9.41. The molecule has 1 aromatic rings. The maximum atomic E-state index is 13.3. The van der Waals surface area contributed by atoms with E-state index in [0.29, 0.717) is 6.61 Å². The summed E-state index contributed by atoms with van der Waals surface area (Å²) in [5.74, 6) is -1.02. The largest absolute Gasteiger partial charge is 0.390 e. The van der Waals surface area contributed by atoms with Crippen LogP contribution >= 0.6 is 0 Å². The van der Waals surface area contributed by atoms with E-state index in [4.69, 9.17) is 4.74 Å². The van der Waals surface area contributed by atoms with Crippen molar-refractivity contribution in [2.45, 2.75) is 32.5 Å². The topological polar surface area (TPSA) is 29.5 Å². The van der Waals surface area contributed by atoms with Crippen LogP contribution < -0.4 is 0 Å². The van der Waals surface area contributed by atoms with Crippen LogP contribution in [-0.2, 0) is 11.2 Å². The predicted octanol–water partition coefficient (Wildman–Crippen LogP) is 2.29. The second kappa shape index (κ2) is 5.92. The monoisotopic (exact) mass is 230 g/mol. The van der Waals surface area contributed by atoms with Crippen molar-refractivity contribution in [2.75, 3.05) is 6.61 Å². The molecule has 0 bridgehead atoms. The fourth-order valence-corrected chi connectivity index (χ4v) is 1.46. The summed E-state index contributed by atoms with van der Waals surface area (Å²) < 4.78 is 31.3. The minimum absolute atomic E-state index is 0.0464. The Morgan fingerprint density at radius 2 is 2.06 bits per heavy atom. The quantitative estimate of drug-likeness (QED) is 0.841. The molecule has 0 spiro atoms. The molecular formula is C12H16F2O2. The molecule has 0 saturated carbocycles. The Morgan fingerprint density at radius 1 is 1.38 bits per heavy atom. The van der Waals surface area contributed by atoms with Crippen molar-refractivity contribution < 1.29 is 18.6 Å². The number of halogens is 2. The van der Waals surface area contributed by atoms with Crippen molar-refractivity contribution in [3.63, 3.8) is 0 Å². The van der Waals surface area contributed by atoms with Crippen LogP contribution in [-0.4, -0.2) is 23.9 Å². The standard InChI is InChI=1S/C12H16F2O2/c1-3-16-8(2)12(15)7-9-6-10(13)4-5-11(9)14/h4-6,8,12,15H,3,7H2,1-2H3. The molecule has 0 fully saturated rings. The fraction of sp³-hybridized carbons (Fsp3) is 0.500. The van der Waals surface area contributed by atoms with Crippen LogP contribution in [0.3, 0.4) is 0 Å². The molecule has 0 aliphatic rings. The minimum atomic E-state index is -0.837. The van der Waals surface area contributed by atoms with E-state index in [1.807, 2.05) is 6.92 Å². The van der Waals surface area contributed by atoms with Crippen molar-refractivity contribution in [1.29, 1.82) is 0 Å². The van der Waals surface area contributed by atoms with Crippen LogP contribution in [0.15, 0.2) is 18.2 Å². The second-order valence-corrected chi connectivity index (χ2v) is 3.67. The van der Waals surface area contributed by atoms with Crippen LogP contribution in [0.1, 0.15) is 19.4 Å². The van der Waals surface area contributed by atoms with Crippen LogP contribution in [0.5, 0.6) is 0 Å². The summed E-state index contributed by atoms with van der Waals surface area (Å²) in [4.78, 5) is 0. The first-order valence-corrected chi connectivity index (χ1v) is 5.28. The molecule has 2 atom stereocenters. The summed E-state index contributed by atoms with van der Waals surface area (Å²) in [6, 6.07) is 3.21. The minimum Gasteiger partial charge on any atom is -0.390 e. The van der Waals surface area contributed by atoms with Crippen molar-refractivity contribution in [1.82, 2.24) is 0 Å². The highest BCUT2D eigenvalue weighted by Gasteiger charge is 2.17. The Balaban J connectivity index is 2.68. The first-order chi connectivity index (χ1) is 7.54. The third kappa shape index (κ3) is 3.54. The predicted molar refractivity (Wildman–Crippen MR) is 57.2 cm³/mol. The lowest BCUT2D eigenvalue weighted by Crippen LogP contribution is -2.28. The molecule has 0 radical (unpaired) electrons. The average Bonchev–Trinajstić information content (AvgIpc) is 2.23. The van der Waals surface area contributed by atoms with Gasteiger partial charge in [0.05, 0.1) is 12.2 Å². The molecular weight excluding hydrogens is 214 g/mol. The van der Waals surface area contributed by atoms with Gasteiger partial charge in [0.2, 0.25) is 0 Å². The summed E-state index contributed by atoms with van der Waals surface area (Å²) in [5.41, 5.74) is 0.166. The van der Waals surface area contributed by atoms with Crippen molar-refractivity contribution in [3.8, 4) is 0 Å². The van der Waals surface area contributed by atoms with E-state index in [-0.39, 0.29) is 12.0 Å². The zero-order valence-corrected chi connectivity index (χ0v) is 9.41. The maximum Gasteiger partial charge on any atom is 0.126 e. The lowest BCUT2D eigenvalue weighted by atomic mass is 10.0. The van der Waals surface area contributed by atoms with E-state index in [2.05, 4.69) is 0 Å². The lowest BCUT2D eigenvalue weighted by Gasteiger charge is -2.18. The molecule has 2 nitrogen and oxygen atoms in total. The molecule has 90 valence electrons. The van der Waals surface area contributed by atoms with Gasteiger partial charge in [-0.05, 0) is 37.6 Å². The van der Waals surface area contributed by atoms with E-state index in [9.17, 15) is 13.9 Å². The van der Waals surface area contributed by atoms with Crippen molar-refractivity contribution in [3.05, 3.63) is 35.4 Å². The molecule has 0 aliphatic heterocycles. The number of rotatable bonds is 5. The van der Waals surface area contributed by atoms with Gasteiger partial charge >= 0.3 is 0 Å². The van der Waals surface area contributed by atoms with Gasteiger partial charge in [0, 0.05) is 13.0 Å². The smallest absolute Gasteiger partial charge is 0.126 e. The Labute approximate surface area is 93.9 Å². The molecule has 4 heteroatoms. The number of hydrogen-bond acceptors (Lipinski definition) is 2. The highest BCUT2D eigenvalue weighted by atomic mass is 19.1. The van der Waals surface area contributed by atoms with Gasteiger partial charge in [-0.3, -0.25) is 0 Å². The summed E-state index contributed by atoms with van der Waals surface area (Å²) in [6.07, 6.45) is -1.19. The molecule has 1 rings (SSSR count). The van der Waals surface area contributed by atoms with E-state index in [1.54, 1.807) is 6.92 Å². The first kappa shape index (κ1) is 13.1. The summed E-state index contributed by atoms with van der Waals surface area (Å²) in [5, 5.41) is 9.70. The fourth-order valence-electron chi connectivity index (χ4n) is 1.46. The van der Waals surface area contributed by atoms with Crippen LogP contribution in [0.2, 0.25) is 0 Å². The van der Waals surface area contributed by atoms with Gasteiger partial charge in [-0.25, -0.2) is 8.78 Å². The zero-order chi connectivity index (χ0) is 12.1. The molecule has 1 aromatic carbocycles. The maximum absolute atomic E-state index is 13.3. The summed E-state index contributed by atoms with van der Waals surface area (Å²) >= 11 is 0. The van der Waals surface area contributed by atoms with Gasteiger partial charge in [0.15, 0.2) is 0 Å². The van der Waals surface area contributed by atoms with E-state index < -0.39 is 23.8 Å². The van der Waals surface area contributed by atoms with Crippen LogP contribution in [0.4, 0.5) is 8.78 Å². The number of aliphatic hydroxyl groups is 1. The Kier molecular flexibility index (Phi) is 4.83. The molecule has 0 aromatic heterocycles. The third-order valence-corrected chi connectivity index (χ3v) is 2.41. The van der Waals surface area contributed by atoms with Gasteiger partial charge in [-0.15, -0.1) is 0 Å². The SMILES string of the molecule is CCOC(C)C(O)Cc1cc(F)ccc1F. The summed E-state index contributed by atoms with van der Waals surface area (Å²) in [6.45, 7) is 3.99. The van der Waals surface area contributed by atoms with Gasteiger partial charge < -0.3 is 9.84 Å². The van der Waals surface area contributed by atoms with Gasteiger partial charge in [-0.2, -0.15) is 0 Å². The van der Waals surface area contributed by atoms with Crippen LogP contribution in [0.25, 0.3) is 0 Å². The number of aliphatic hydroxyl groups excluding tert-OH is 1. The van der Waals surface area contributed by atoms with Crippen molar-refractivity contribution >= 4 is 0 Å². The molecule has 2 unspecified atom stereocenters. The van der Waals surface area contributed by atoms with Gasteiger partial charge in [0.1, 0.15) is 11.6 Å². The normalized spacial score (nSPS) is 14.8.